The highest BCUT2D eigenvalue weighted by Crippen LogP contribution is 2.25. The van der Waals surface area contributed by atoms with Gasteiger partial charge in [-0.25, -0.2) is 0 Å². The molecule has 1 unspecified atom stereocenters. The number of rotatable bonds is 4. The van der Waals surface area contributed by atoms with Crippen molar-refractivity contribution in [2.45, 2.75) is 6.04 Å². The number of aromatic nitrogens is 1. The lowest BCUT2D eigenvalue weighted by atomic mass is 10.0. The van der Waals surface area contributed by atoms with Gasteiger partial charge in [0.05, 0.1) is 23.4 Å². The van der Waals surface area contributed by atoms with Gasteiger partial charge in [-0.3, -0.25) is 4.98 Å². The van der Waals surface area contributed by atoms with Gasteiger partial charge in [0.25, 0.3) is 0 Å². The third-order valence-corrected chi connectivity index (χ3v) is 3.44. The summed E-state index contributed by atoms with van der Waals surface area (Å²) in [6, 6.07) is 25.6. The van der Waals surface area contributed by atoms with Crippen molar-refractivity contribution in [3.8, 4) is 6.07 Å². The number of nitriles is 1. The van der Waals surface area contributed by atoms with Crippen molar-refractivity contribution in [1.82, 2.24) is 4.98 Å². The molecular weight excluding hydrogens is 270 g/mol. The maximum absolute atomic E-state index is 8.89. The van der Waals surface area contributed by atoms with Crippen LogP contribution in [0.2, 0.25) is 0 Å². The van der Waals surface area contributed by atoms with E-state index in [1.165, 1.54) is 0 Å². The molecule has 1 heterocycles. The molecule has 0 spiro atoms. The molecule has 3 aromatic rings. The van der Waals surface area contributed by atoms with Crippen LogP contribution in [0.4, 0.5) is 5.69 Å². The highest BCUT2D eigenvalue weighted by atomic mass is 14.9. The molecule has 106 valence electrons. The minimum atomic E-state index is -0.0321. The van der Waals surface area contributed by atoms with Gasteiger partial charge in [-0.2, -0.15) is 5.26 Å². The van der Waals surface area contributed by atoms with Crippen LogP contribution >= 0.6 is 0 Å². The third-order valence-electron chi connectivity index (χ3n) is 3.44. The predicted molar refractivity (Wildman–Crippen MR) is 87.3 cm³/mol. The lowest BCUT2D eigenvalue weighted by molar-refractivity contribution is 0.887. The number of hydrogen-bond donors (Lipinski definition) is 1. The Kier molecular flexibility index (Phi) is 4.12. The molecule has 0 aliphatic rings. The van der Waals surface area contributed by atoms with Gasteiger partial charge in [0, 0.05) is 11.9 Å². The maximum Gasteiger partial charge on any atom is 0.0991 e. The molecule has 3 nitrogen and oxygen atoms in total. The van der Waals surface area contributed by atoms with Crippen molar-refractivity contribution < 1.29 is 0 Å². The summed E-state index contributed by atoms with van der Waals surface area (Å²) in [5, 5.41) is 12.4. The Hall–Kier alpha value is -3.12. The van der Waals surface area contributed by atoms with Gasteiger partial charge in [-0.1, -0.05) is 36.4 Å². The molecule has 0 fully saturated rings. The van der Waals surface area contributed by atoms with Crippen molar-refractivity contribution in [2.75, 3.05) is 5.32 Å². The quantitative estimate of drug-likeness (QED) is 0.783. The Morgan fingerprint density at radius 2 is 1.59 bits per heavy atom. The van der Waals surface area contributed by atoms with Crippen LogP contribution < -0.4 is 5.32 Å². The first kappa shape index (κ1) is 13.8. The van der Waals surface area contributed by atoms with Crippen molar-refractivity contribution in [3.63, 3.8) is 0 Å². The van der Waals surface area contributed by atoms with E-state index in [4.69, 9.17) is 5.26 Å². The summed E-state index contributed by atoms with van der Waals surface area (Å²) in [6.07, 6.45) is 1.80. The first-order valence-electron chi connectivity index (χ1n) is 7.09. The fraction of sp³-hybridized carbons (Fsp3) is 0.0526. The average molecular weight is 285 g/mol. The largest absolute Gasteiger partial charge is 0.373 e. The van der Waals surface area contributed by atoms with E-state index < -0.39 is 0 Å². The predicted octanol–water partition coefficient (Wildman–Crippen LogP) is 4.15. The van der Waals surface area contributed by atoms with E-state index in [1.54, 1.807) is 6.20 Å². The molecule has 0 saturated heterocycles. The van der Waals surface area contributed by atoms with Crippen molar-refractivity contribution in [2.24, 2.45) is 0 Å². The normalized spacial score (nSPS) is 11.4. The molecule has 0 aliphatic carbocycles. The van der Waals surface area contributed by atoms with Crippen LogP contribution in [0, 0.1) is 11.3 Å². The Morgan fingerprint density at radius 1 is 0.864 bits per heavy atom. The minimum Gasteiger partial charge on any atom is -0.373 e. The number of anilines is 1. The zero-order valence-corrected chi connectivity index (χ0v) is 12.0. The van der Waals surface area contributed by atoms with Gasteiger partial charge in [0.1, 0.15) is 0 Å². The lowest BCUT2D eigenvalue weighted by Crippen LogP contribution is -2.13. The standard InChI is InChI=1S/C19H15N3/c20-14-15-9-11-17(12-10-15)22-19(16-6-2-1-3-7-16)18-8-4-5-13-21-18/h1-13,19,22H. The van der Waals surface area contributed by atoms with E-state index in [0.717, 1.165) is 16.9 Å². The van der Waals surface area contributed by atoms with E-state index >= 15 is 0 Å². The van der Waals surface area contributed by atoms with E-state index in [0.29, 0.717) is 5.56 Å². The van der Waals surface area contributed by atoms with E-state index in [1.807, 2.05) is 60.7 Å². The fourth-order valence-electron chi connectivity index (χ4n) is 2.33. The zero-order chi connectivity index (χ0) is 15.2. The maximum atomic E-state index is 8.89. The second kappa shape index (κ2) is 6.55. The molecule has 0 bridgehead atoms. The van der Waals surface area contributed by atoms with Crippen molar-refractivity contribution in [3.05, 3.63) is 95.8 Å². The molecule has 0 radical (unpaired) electrons. The van der Waals surface area contributed by atoms with E-state index in [-0.39, 0.29) is 6.04 Å². The summed E-state index contributed by atoms with van der Waals surface area (Å²) < 4.78 is 0. The molecule has 1 atom stereocenters. The molecule has 0 amide bonds. The monoisotopic (exact) mass is 285 g/mol. The number of nitrogens with zero attached hydrogens (tertiary/aromatic N) is 2. The summed E-state index contributed by atoms with van der Waals surface area (Å²) in [7, 11) is 0. The Bertz CT molecular complexity index is 720. The van der Waals surface area contributed by atoms with Crippen LogP contribution in [0.15, 0.2) is 79.0 Å². The molecule has 2 aromatic carbocycles. The van der Waals surface area contributed by atoms with E-state index in [9.17, 15) is 0 Å². The molecule has 3 rings (SSSR count). The number of hydrogen-bond acceptors (Lipinski definition) is 3. The van der Waals surface area contributed by atoms with Crippen LogP contribution in [0.5, 0.6) is 0 Å². The number of benzene rings is 2. The number of pyridine rings is 1. The first-order chi connectivity index (χ1) is 10.9. The molecule has 1 aromatic heterocycles. The van der Waals surface area contributed by atoms with Crippen molar-refractivity contribution >= 4 is 5.69 Å². The lowest BCUT2D eigenvalue weighted by Gasteiger charge is -2.20. The summed E-state index contributed by atoms with van der Waals surface area (Å²) in [4.78, 5) is 4.47. The highest BCUT2D eigenvalue weighted by Gasteiger charge is 2.14. The Morgan fingerprint density at radius 3 is 2.23 bits per heavy atom. The molecular formula is C19H15N3. The van der Waals surface area contributed by atoms with Gasteiger partial charge in [-0.15, -0.1) is 0 Å². The van der Waals surface area contributed by atoms with Crippen LogP contribution in [0.1, 0.15) is 22.9 Å². The fourth-order valence-corrected chi connectivity index (χ4v) is 2.33. The second-order valence-corrected chi connectivity index (χ2v) is 4.93. The van der Waals surface area contributed by atoms with E-state index in [2.05, 4.69) is 28.5 Å². The SMILES string of the molecule is N#Cc1ccc(NC(c2ccccc2)c2ccccn2)cc1. The second-order valence-electron chi connectivity index (χ2n) is 4.93. The summed E-state index contributed by atoms with van der Waals surface area (Å²) in [5.41, 5.74) is 3.71. The van der Waals surface area contributed by atoms with Crippen LogP contribution in [0.25, 0.3) is 0 Å². The highest BCUT2D eigenvalue weighted by molar-refractivity contribution is 5.50. The Labute approximate surface area is 129 Å². The molecule has 22 heavy (non-hydrogen) atoms. The first-order valence-corrected chi connectivity index (χ1v) is 7.09. The van der Waals surface area contributed by atoms with Gasteiger partial charge < -0.3 is 5.32 Å². The average Bonchev–Trinajstić information content (AvgIpc) is 2.62. The van der Waals surface area contributed by atoms with Gasteiger partial charge in [0.2, 0.25) is 0 Å². The van der Waals surface area contributed by atoms with Gasteiger partial charge in [0.15, 0.2) is 0 Å². The summed E-state index contributed by atoms with van der Waals surface area (Å²) in [6.45, 7) is 0. The summed E-state index contributed by atoms with van der Waals surface area (Å²) >= 11 is 0. The van der Waals surface area contributed by atoms with Gasteiger partial charge >= 0.3 is 0 Å². The smallest absolute Gasteiger partial charge is 0.0991 e. The Balaban J connectivity index is 1.94. The molecule has 3 heteroatoms. The zero-order valence-electron chi connectivity index (χ0n) is 12.0. The molecule has 0 saturated carbocycles. The van der Waals surface area contributed by atoms with Crippen LogP contribution in [0.3, 0.4) is 0 Å². The molecule has 0 aliphatic heterocycles. The third kappa shape index (κ3) is 3.13. The molecule has 1 N–H and O–H groups in total. The van der Waals surface area contributed by atoms with Gasteiger partial charge in [-0.05, 0) is 42.0 Å². The van der Waals surface area contributed by atoms with Crippen LogP contribution in [-0.4, -0.2) is 4.98 Å². The number of nitrogens with one attached hydrogen (secondary N) is 1. The van der Waals surface area contributed by atoms with Crippen molar-refractivity contribution in [1.29, 1.82) is 5.26 Å². The summed E-state index contributed by atoms with van der Waals surface area (Å²) in [5.74, 6) is 0. The minimum absolute atomic E-state index is 0.0321. The topological polar surface area (TPSA) is 48.7 Å². The van der Waals surface area contributed by atoms with Crippen LogP contribution in [-0.2, 0) is 0 Å².